The second-order valence-electron chi connectivity index (χ2n) is 5.87. The molecule has 0 saturated heterocycles. The number of nitrogen functional groups attached to an aromatic ring is 1. The van der Waals surface area contributed by atoms with Gasteiger partial charge in [-0.2, -0.15) is 9.49 Å². The van der Waals surface area contributed by atoms with Gasteiger partial charge in [0.25, 0.3) is 5.91 Å². The maximum Gasteiger partial charge on any atom is 0.283 e. The first-order valence-corrected chi connectivity index (χ1v) is 8.02. The molecular weight excluding hydrogens is 349 g/mol. The van der Waals surface area contributed by atoms with Crippen molar-refractivity contribution < 1.29 is 9.18 Å². The Kier molecular flexibility index (Phi) is 4.05. The summed E-state index contributed by atoms with van der Waals surface area (Å²) in [7, 11) is 0. The Morgan fingerprint density at radius 3 is 2.89 bits per heavy atom. The van der Waals surface area contributed by atoms with E-state index >= 15 is 0 Å². The second kappa shape index (κ2) is 6.54. The van der Waals surface area contributed by atoms with Crippen molar-refractivity contribution in [2.75, 3.05) is 0 Å². The van der Waals surface area contributed by atoms with Crippen LogP contribution in [-0.2, 0) is 0 Å². The smallest absolute Gasteiger partial charge is 0.283 e. The lowest BCUT2D eigenvalue weighted by molar-refractivity contribution is 0.0948. The van der Waals surface area contributed by atoms with Crippen molar-refractivity contribution in [1.29, 1.82) is 0 Å². The quantitative estimate of drug-likeness (QED) is 0.222. The van der Waals surface area contributed by atoms with Gasteiger partial charge in [0, 0.05) is 17.1 Å². The van der Waals surface area contributed by atoms with E-state index in [4.69, 9.17) is 5.84 Å². The molecule has 4 aromatic rings. The van der Waals surface area contributed by atoms with Gasteiger partial charge in [0.1, 0.15) is 5.69 Å². The minimum Gasteiger partial charge on any atom is -0.289 e. The number of fused-ring (bicyclic) bond motifs is 1. The number of benzene rings is 1. The first-order chi connectivity index (χ1) is 13.1. The monoisotopic (exact) mass is 363 g/mol. The lowest BCUT2D eigenvalue weighted by Crippen LogP contribution is -2.31. The number of nitrogens with zero attached hydrogens (tertiary/aromatic N) is 4. The van der Waals surface area contributed by atoms with Gasteiger partial charge in [-0.3, -0.25) is 15.3 Å². The third kappa shape index (κ3) is 2.89. The molecule has 8 nitrogen and oxygen atoms in total. The molecule has 4 N–H and O–H groups in total. The Bertz CT molecular complexity index is 1170. The SMILES string of the molecule is Cc1ccc2[nH]ncc2c1-c1cc(C(=O)NN)nc(-c2cccnc2F)n1. The van der Waals surface area contributed by atoms with Crippen molar-refractivity contribution in [3.05, 3.63) is 59.9 Å². The molecule has 3 aromatic heterocycles. The highest BCUT2D eigenvalue weighted by molar-refractivity contribution is 5.98. The van der Waals surface area contributed by atoms with Crippen LogP contribution in [0.25, 0.3) is 33.5 Å². The molecule has 0 aliphatic heterocycles. The Hall–Kier alpha value is -3.72. The average molecular weight is 363 g/mol. The fraction of sp³-hybridized carbons (Fsp3) is 0.0556. The zero-order valence-electron chi connectivity index (χ0n) is 14.2. The maximum absolute atomic E-state index is 14.2. The molecule has 1 aromatic carbocycles. The highest BCUT2D eigenvalue weighted by atomic mass is 19.1. The van der Waals surface area contributed by atoms with E-state index in [1.807, 2.05) is 24.5 Å². The number of carbonyl (C=O) groups is 1. The highest BCUT2D eigenvalue weighted by Crippen LogP contribution is 2.31. The molecular formula is C18H14FN7O. The number of H-pyrrole nitrogens is 1. The molecule has 0 aliphatic rings. The summed E-state index contributed by atoms with van der Waals surface area (Å²) in [6, 6.07) is 8.38. The van der Waals surface area contributed by atoms with Crippen molar-refractivity contribution in [2.24, 2.45) is 5.84 Å². The maximum atomic E-state index is 14.2. The number of halogens is 1. The van der Waals surface area contributed by atoms with Gasteiger partial charge in [0.05, 0.1) is 23.0 Å². The van der Waals surface area contributed by atoms with E-state index in [1.54, 1.807) is 12.3 Å². The van der Waals surface area contributed by atoms with Crippen LogP contribution in [0, 0.1) is 12.9 Å². The van der Waals surface area contributed by atoms with Crippen molar-refractivity contribution in [3.63, 3.8) is 0 Å². The standard InChI is InChI=1S/C18H14FN7O/c1-9-4-5-12-11(8-22-26-12)15(9)13-7-14(18(27)25-20)24-17(23-13)10-3-2-6-21-16(10)19/h2-8H,20H2,1H3,(H,22,26)(H,25,27). The fourth-order valence-electron chi connectivity index (χ4n) is 2.91. The molecule has 0 atom stereocenters. The molecule has 0 spiro atoms. The van der Waals surface area contributed by atoms with Crippen LogP contribution in [0.5, 0.6) is 0 Å². The normalized spacial score (nSPS) is 10.9. The van der Waals surface area contributed by atoms with E-state index in [0.29, 0.717) is 5.69 Å². The number of aromatic nitrogens is 5. The Labute approximate surface area is 152 Å². The minimum atomic E-state index is -0.730. The predicted molar refractivity (Wildman–Crippen MR) is 96.7 cm³/mol. The van der Waals surface area contributed by atoms with E-state index in [1.165, 1.54) is 18.3 Å². The number of aryl methyl sites for hydroxylation is 1. The first kappa shape index (κ1) is 16.7. The number of nitrogens with one attached hydrogen (secondary N) is 2. The number of amides is 1. The second-order valence-corrected chi connectivity index (χ2v) is 5.87. The van der Waals surface area contributed by atoms with Gasteiger partial charge in [0.2, 0.25) is 5.95 Å². The van der Waals surface area contributed by atoms with Crippen molar-refractivity contribution in [1.82, 2.24) is 30.6 Å². The van der Waals surface area contributed by atoms with Crippen LogP contribution in [0.1, 0.15) is 16.1 Å². The molecule has 134 valence electrons. The molecule has 1 amide bonds. The number of rotatable bonds is 3. The Balaban J connectivity index is 2.02. The lowest BCUT2D eigenvalue weighted by Gasteiger charge is -2.11. The summed E-state index contributed by atoms with van der Waals surface area (Å²) in [6.07, 6.45) is 3.00. The highest BCUT2D eigenvalue weighted by Gasteiger charge is 2.18. The van der Waals surface area contributed by atoms with Gasteiger partial charge < -0.3 is 0 Å². The first-order valence-electron chi connectivity index (χ1n) is 8.02. The van der Waals surface area contributed by atoms with E-state index in [0.717, 1.165) is 22.0 Å². The molecule has 0 saturated carbocycles. The van der Waals surface area contributed by atoms with Crippen LogP contribution in [0.2, 0.25) is 0 Å². The molecule has 4 rings (SSSR count). The Morgan fingerprint density at radius 2 is 2.11 bits per heavy atom. The topological polar surface area (TPSA) is 122 Å². The van der Waals surface area contributed by atoms with Gasteiger partial charge in [-0.15, -0.1) is 0 Å². The van der Waals surface area contributed by atoms with Crippen molar-refractivity contribution in [3.8, 4) is 22.6 Å². The van der Waals surface area contributed by atoms with Crippen molar-refractivity contribution in [2.45, 2.75) is 6.92 Å². The van der Waals surface area contributed by atoms with Crippen LogP contribution in [0.15, 0.2) is 42.7 Å². The molecule has 0 radical (unpaired) electrons. The number of carbonyl (C=O) groups excluding carboxylic acids is 1. The minimum absolute atomic E-state index is 0.0145. The van der Waals surface area contributed by atoms with E-state index in [-0.39, 0.29) is 17.1 Å². The summed E-state index contributed by atoms with van der Waals surface area (Å²) < 4.78 is 14.2. The summed E-state index contributed by atoms with van der Waals surface area (Å²) in [4.78, 5) is 24.4. The van der Waals surface area contributed by atoms with E-state index in [9.17, 15) is 9.18 Å². The Morgan fingerprint density at radius 1 is 1.26 bits per heavy atom. The molecule has 3 heterocycles. The molecule has 0 aliphatic carbocycles. The van der Waals surface area contributed by atoms with Gasteiger partial charge in [-0.1, -0.05) is 6.07 Å². The molecule has 27 heavy (non-hydrogen) atoms. The number of aromatic amines is 1. The molecule has 0 unspecified atom stereocenters. The lowest BCUT2D eigenvalue weighted by atomic mass is 10.0. The van der Waals surface area contributed by atoms with Crippen LogP contribution in [0.4, 0.5) is 4.39 Å². The largest absolute Gasteiger partial charge is 0.289 e. The summed E-state index contributed by atoms with van der Waals surface area (Å²) >= 11 is 0. The number of nitrogens with two attached hydrogens (primary N) is 1. The molecule has 0 bridgehead atoms. The summed E-state index contributed by atoms with van der Waals surface area (Å²) in [5.41, 5.74) is 5.09. The molecule has 9 heteroatoms. The third-order valence-corrected chi connectivity index (χ3v) is 4.18. The summed E-state index contributed by atoms with van der Waals surface area (Å²) in [5.74, 6) is 3.95. The van der Waals surface area contributed by atoms with Crippen LogP contribution < -0.4 is 11.3 Å². The summed E-state index contributed by atoms with van der Waals surface area (Å²) in [6.45, 7) is 1.91. The van der Waals surface area contributed by atoms with Crippen molar-refractivity contribution >= 4 is 16.8 Å². The van der Waals surface area contributed by atoms with Gasteiger partial charge in [-0.25, -0.2) is 20.8 Å². The summed E-state index contributed by atoms with van der Waals surface area (Å²) in [5, 5.41) is 7.78. The third-order valence-electron chi connectivity index (χ3n) is 4.18. The zero-order chi connectivity index (χ0) is 19.0. The van der Waals surface area contributed by atoms with E-state index in [2.05, 4.69) is 25.1 Å². The molecule has 0 fully saturated rings. The van der Waals surface area contributed by atoms with Crippen LogP contribution in [0.3, 0.4) is 0 Å². The van der Waals surface area contributed by atoms with Gasteiger partial charge in [0.15, 0.2) is 5.82 Å². The van der Waals surface area contributed by atoms with Crippen LogP contribution >= 0.6 is 0 Å². The fourth-order valence-corrected chi connectivity index (χ4v) is 2.91. The van der Waals surface area contributed by atoms with Crippen LogP contribution in [-0.4, -0.2) is 31.1 Å². The van der Waals surface area contributed by atoms with E-state index < -0.39 is 11.9 Å². The van der Waals surface area contributed by atoms with Gasteiger partial charge >= 0.3 is 0 Å². The predicted octanol–water partition coefficient (Wildman–Crippen LogP) is 2.13. The average Bonchev–Trinajstić information content (AvgIpc) is 3.15. The number of pyridine rings is 1. The number of hydrogen-bond donors (Lipinski definition) is 3. The number of hydrogen-bond acceptors (Lipinski definition) is 6. The van der Waals surface area contributed by atoms with Gasteiger partial charge in [-0.05, 0) is 36.8 Å². The number of hydrazine groups is 1. The zero-order valence-corrected chi connectivity index (χ0v) is 14.2.